The molecule has 0 bridgehead atoms. The molecule has 1 aliphatic rings. The second kappa shape index (κ2) is 9.07. The molecule has 2 amide bonds. The standard InChI is InChI=1S/C20H24N4O4/c1-3-28-20(26)24-11-9-23(10-12-24)18-8-7-15(14-21-18)19(25)22-16-5-4-6-17(13-16)27-2/h4-8,13-14H,3,9-12H2,1-2H3,(H,22,25). The number of carbonyl (C=O) groups excluding carboxylic acids is 2. The lowest BCUT2D eigenvalue weighted by atomic mass is 10.2. The lowest BCUT2D eigenvalue weighted by Crippen LogP contribution is -2.49. The van der Waals surface area contributed by atoms with E-state index in [0.29, 0.717) is 49.8 Å². The number of anilines is 2. The summed E-state index contributed by atoms with van der Waals surface area (Å²) in [5, 5.41) is 2.83. The molecule has 2 heterocycles. The molecule has 3 rings (SSSR count). The number of amides is 2. The molecular weight excluding hydrogens is 360 g/mol. The van der Waals surface area contributed by atoms with Gasteiger partial charge in [0.25, 0.3) is 5.91 Å². The molecule has 0 unspecified atom stereocenters. The van der Waals surface area contributed by atoms with E-state index in [1.165, 1.54) is 0 Å². The van der Waals surface area contributed by atoms with E-state index in [2.05, 4.69) is 15.2 Å². The van der Waals surface area contributed by atoms with Crippen LogP contribution in [0.2, 0.25) is 0 Å². The average Bonchev–Trinajstić information content (AvgIpc) is 2.74. The van der Waals surface area contributed by atoms with Gasteiger partial charge >= 0.3 is 6.09 Å². The minimum atomic E-state index is -0.278. The second-order valence-corrected chi connectivity index (χ2v) is 6.26. The summed E-state index contributed by atoms with van der Waals surface area (Å²) in [6.45, 7) is 4.67. The van der Waals surface area contributed by atoms with Crippen molar-refractivity contribution in [1.29, 1.82) is 0 Å². The van der Waals surface area contributed by atoms with Crippen molar-refractivity contribution in [2.75, 3.05) is 50.1 Å². The Morgan fingerprint density at radius 2 is 1.93 bits per heavy atom. The summed E-state index contributed by atoms with van der Waals surface area (Å²) in [6, 6.07) is 10.7. The lowest BCUT2D eigenvalue weighted by Gasteiger charge is -2.34. The highest BCUT2D eigenvalue weighted by atomic mass is 16.6. The molecule has 0 aliphatic carbocycles. The Hall–Kier alpha value is -3.29. The van der Waals surface area contributed by atoms with Crippen molar-refractivity contribution in [3.05, 3.63) is 48.2 Å². The average molecular weight is 384 g/mol. The van der Waals surface area contributed by atoms with Gasteiger partial charge in [0.2, 0.25) is 0 Å². The third-order valence-corrected chi connectivity index (χ3v) is 4.47. The molecule has 2 aromatic rings. The van der Waals surface area contributed by atoms with Gasteiger partial charge < -0.3 is 24.6 Å². The third kappa shape index (κ3) is 4.70. The number of piperazine rings is 1. The Morgan fingerprint density at radius 3 is 2.57 bits per heavy atom. The topological polar surface area (TPSA) is 84.0 Å². The van der Waals surface area contributed by atoms with E-state index in [1.807, 2.05) is 18.2 Å². The number of benzene rings is 1. The number of nitrogens with zero attached hydrogens (tertiary/aromatic N) is 3. The molecule has 1 N–H and O–H groups in total. The zero-order valence-electron chi connectivity index (χ0n) is 16.1. The van der Waals surface area contributed by atoms with Crippen LogP contribution in [0.3, 0.4) is 0 Å². The zero-order chi connectivity index (χ0) is 19.9. The van der Waals surface area contributed by atoms with Crippen LogP contribution in [-0.4, -0.2) is 61.8 Å². The molecule has 0 radical (unpaired) electrons. The van der Waals surface area contributed by atoms with Gasteiger partial charge in [-0.2, -0.15) is 0 Å². The quantitative estimate of drug-likeness (QED) is 0.853. The van der Waals surface area contributed by atoms with Gasteiger partial charge in [-0.25, -0.2) is 9.78 Å². The van der Waals surface area contributed by atoms with Gasteiger partial charge in [-0.1, -0.05) is 6.07 Å². The highest BCUT2D eigenvalue weighted by Crippen LogP contribution is 2.19. The van der Waals surface area contributed by atoms with E-state index in [-0.39, 0.29) is 12.0 Å². The number of ether oxygens (including phenoxy) is 2. The number of pyridine rings is 1. The molecule has 1 aliphatic heterocycles. The van der Waals surface area contributed by atoms with Gasteiger partial charge in [-0.15, -0.1) is 0 Å². The number of rotatable bonds is 5. The fourth-order valence-corrected chi connectivity index (χ4v) is 2.94. The van der Waals surface area contributed by atoms with Crippen molar-refractivity contribution in [2.24, 2.45) is 0 Å². The van der Waals surface area contributed by atoms with E-state index in [1.54, 1.807) is 43.3 Å². The van der Waals surface area contributed by atoms with Crippen LogP contribution in [0, 0.1) is 0 Å². The van der Waals surface area contributed by atoms with E-state index in [4.69, 9.17) is 9.47 Å². The molecule has 0 spiro atoms. The predicted molar refractivity (Wildman–Crippen MR) is 106 cm³/mol. The molecule has 8 heteroatoms. The summed E-state index contributed by atoms with van der Waals surface area (Å²) in [7, 11) is 1.58. The van der Waals surface area contributed by atoms with Gasteiger partial charge in [0.05, 0.1) is 19.3 Å². The zero-order valence-corrected chi connectivity index (χ0v) is 16.1. The van der Waals surface area contributed by atoms with Gasteiger partial charge in [-0.3, -0.25) is 4.79 Å². The smallest absolute Gasteiger partial charge is 0.409 e. The van der Waals surface area contributed by atoms with Crippen LogP contribution in [0.4, 0.5) is 16.3 Å². The van der Waals surface area contributed by atoms with Crippen LogP contribution in [0.25, 0.3) is 0 Å². The van der Waals surface area contributed by atoms with Crippen LogP contribution in [0.5, 0.6) is 5.75 Å². The highest BCUT2D eigenvalue weighted by molar-refractivity contribution is 6.04. The number of methoxy groups -OCH3 is 1. The van der Waals surface area contributed by atoms with Crippen molar-refractivity contribution in [1.82, 2.24) is 9.88 Å². The van der Waals surface area contributed by atoms with Crippen LogP contribution in [-0.2, 0) is 4.74 Å². The summed E-state index contributed by atoms with van der Waals surface area (Å²) >= 11 is 0. The Morgan fingerprint density at radius 1 is 1.14 bits per heavy atom. The van der Waals surface area contributed by atoms with Crippen LogP contribution < -0.4 is 15.0 Å². The molecule has 28 heavy (non-hydrogen) atoms. The molecule has 1 aromatic carbocycles. The predicted octanol–water partition coefficient (Wildman–Crippen LogP) is 2.62. The minimum Gasteiger partial charge on any atom is -0.497 e. The number of aromatic nitrogens is 1. The second-order valence-electron chi connectivity index (χ2n) is 6.26. The van der Waals surface area contributed by atoms with Crippen molar-refractivity contribution in [2.45, 2.75) is 6.92 Å². The van der Waals surface area contributed by atoms with E-state index >= 15 is 0 Å². The number of carbonyl (C=O) groups is 2. The van der Waals surface area contributed by atoms with Gasteiger partial charge in [-0.05, 0) is 31.2 Å². The van der Waals surface area contributed by atoms with E-state index in [0.717, 1.165) is 5.82 Å². The molecular formula is C20H24N4O4. The normalized spacial score (nSPS) is 13.8. The Labute approximate surface area is 164 Å². The number of hydrogen-bond donors (Lipinski definition) is 1. The Kier molecular flexibility index (Phi) is 6.31. The fourth-order valence-electron chi connectivity index (χ4n) is 2.94. The SMILES string of the molecule is CCOC(=O)N1CCN(c2ccc(C(=O)Nc3cccc(OC)c3)cn2)CC1. The molecule has 0 atom stereocenters. The summed E-state index contributed by atoms with van der Waals surface area (Å²) in [5.74, 6) is 1.22. The number of hydrogen-bond acceptors (Lipinski definition) is 6. The van der Waals surface area contributed by atoms with Gasteiger partial charge in [0, 0.05) is 44.1 Å². The van der Waals surface area contributed by atoms with Gasteiger partial charge in [0.1, 0.15) is 11.6 Å². The molecule has 1 saturated heterocycles. The van der Waals surface area contributed by atoms with Crippen molar-refractivity contribution < 1.29 is 19.1 Å². The lowest BCUT2D eigenvalue weighted by molar-refractivity contribution is 0.102. The minimum absolute atomic E-state index is 0.237. The van der Waals surface area contributed by atoms with E-state index < -0.39 is 0 Å². The van der Waals surface area contributed by atoms with Crippen LogP contribution >= 0.6 is 0 Å². The first-order valence-electron chi connectivity index (χ1n) is 9.19. The first-order chi connectivity index (χ1) is 13.6. The Balaban J connectivity index is 1.57. The van der Waals surface area contributed by atoms with Crippen LogP contribution in [0.15, 0.2) is 42.6 Å². The maximum absolute atomic E-state index is 12.4. The van der Waals surface area contributed by atoms with Crippen molar-refractivity contribution >= 4 is 23.5 Å². The number of nitrogens with one attached hydrogen (secondary N) is 1. The molecule has 1 aromatic heterocycles. The summed E-state index contributed by atoms with van der Waals surface area (Å²) in [4.78, 5) is 32.4. The monoisotopic (exact) mass is 384 g/mol. The highest BCUT2D eigenvalue weighted by Gasteiger charge is 2.22. The van der Waals surface area contributed by atoms with E-state index in [9.17, 15) is 9.59 Å². The summed E-state index contributed by atoms with van der Waals surface area (Å²) < 4.78 is 10.2. The molecule has 148 valence electrons. The molecule has 0 saturated carbocycles. The first-order valence-corrected chi connectivity index (χ1v) is 9.19. The van der Waals surface area contributed by atoms with Crippen molar-refractivity contribution in [3.8, 4) is 5.75 Å². The third-order valence-electron chi connectivity index (χ3n) is 4.47. The summed E-state index contributed by atoms with van der Waals surface area (Å²) in [6.07, 6.45) is 1.28. The van der Waals surface area contributed by atoms with Crippen molar-refractivity contribution in [3.63, 3.8) is 0 Å². The molecule has 1 fully saturated rings. The maximum atomic E-state index is 12.4. The maximum Gasteiger partial charge on any atom is 0.409 e. The fraction of sp³-hybridized carbons (Fsp3) is 0.350. The van der Waals surface area contributed by atoms with Crippen LogP contribution in [0.1, 0.15) is 17.3 Å². The first kappa shape index (κ1) is 19.5. The largest absolute Gasteiger partial charge is 0.497 e. The van der Waals surface area contributed by atoms with Gasteiger partial charge in [0.15, 0.2) is 0 Å². The Bertz CT molecular complexity index is 817. The summed E-state index contributed by atoms with van der Waals surface area (Å²) in [5.41, 5.74) is 1.13. The molecule has 8 nitrogen and oxygen atoms in total.